The van der Waals surface area contributed by atoms with Crippen LogP contribution >= 0.6 is 0 Å². The Morgan fingerprint density at radius 2 is 1.65 bits per heavy atom. The van der Waals surface area contributed by atoms with Crippen molar-refractivity contribution in [2.45, 2.75) is 19.5 Å². The summed E-state index contributed by atoms with van der Waals surface area (Å²) in [7, 11) is 0. The molecule has 0 saturated heterocycles. The Labute approximate surface area is 151 Å². The van der Waals surface area contributed by atoms with E-state index in [0.717, 1.165) is 12.0 Å². The molecule has 26 heavy (non-hydrogen) atoms. The van der Waals surface area contributed by atoms with Crippen molar-refractivity contribution in [1.29, 1.82) is 0 Å². The summed E-state index contributed by atoms with van der Waals surface area (Å²) in [5.74, 6) is -0.0840. The first kappa shape index (κ1) is 16.3. The van der Waals surface area contributed by atoms with E-state index in [1.54, 1.807) is 11.0 Å². The van der Waals surface area contributed by atoms with Crippen LogP contribution in [0.1, 0.15) is 11.1 Å². The van der Waals surface area contributed by atoms with E-state index < -0.39 is 0 Å². The highest BCUT2D eigenvalue weighted by Gasteiger charge is 2.21. The molecule has 2 heterocycles. The topological polar surface area (TPSA) is 55.2 Å². The van der Waals surface area contributed by atoms with Crippen LogP contribution in [0.15, 0.2) is 71.5 Å². The molecule has 5 nitrogen and oxygen atoms in total. The summed E-state index contributed by atoms with van der Waals surface area (Å²) in [6, 6.07) is 21.0. The number of fused-ring (bicyclic) bond motifs is 1. The summed E-state index contributed by atoms with van der Waals surface area (Å²) in [6.07, 6.45) is 0.842. The highest BCUT2D eigenvalue weighted by molar-refractivity contribution is 5.76. The lowest BCUT2D eigenvalue weighted by Gasteiger charge is -2.29. The zero-order valence-corrected chi connectivity index (χ0v) is 14.3. The van der Waals surface area contributed by atoms with E-state index in [4.69, 9.17) is 0 Å². The predicted molar refractivity (Wildman–Crippen MR) is 99.5 cm³/mol. The minimum atomic E-state index is -0.268. The molecule has 0 bridgehead atoms. The van der Waals surface area contributed by atoms with Gasteiger partial charge >= 0.3 is 0 Å². The summed E-state index contributed by atoms with van der Waals surface area (Å²) < 4.78 is 1.26. The average molecular weight is 345 g/mol. The molecular weight excluding hydrogens is 326 g/mol. The molecule has 130 valence electrons. The normalized spacial score (nSPS) is 13.3. The maximum Gasteiger partial charge on any atom is 0.267 e. The van der Waals surface area contributed by atoms with Crippen LogP contribution in [0, 0.1) is 0 Å². The highest BCUT2D eigenvalue weighted by Crippen LogP contribution is 2.19. The van der Waals surface area contributed by atoms with Crippen molar-refractivity contribution in [1.82, 2.24) is 14.7 Å². The van der Waals surface area contributed by atoms with Crippen LogP contribution in [0.3, 0.4) is 0 Å². The van der Waals surface area contributed by atoms with Crippen LogP contribution in [0.4, 0.5) is 0 Å². The second-order valence-electron chi connectivity index (χ2n) is 6.41. The van der Waals surface area contributed by atoms with Crippen molar-refractivity contribution in [2.24, 2.45) is 0 Å². The molecule has 0 aliphatic carbocycles. The number of nitrogens with zero attached hydrogens (tertiary/aromatic N) is 3. The summed E-state index contributed by atoms with van der Waals surface area (Å²) in [4.78, 5) is 26.6. The predicted octanol–water partition coefficient (Wildman–Crippen LogP) is 2.50. The Kier molecular flexibility index (Phi) is 4.35. The standard InChI is InChI=1S/C21H19N3O2/c25-20-11-10-19(17-7-2-1-3-8-17)22-24(20)15-21(26)23-13-12-16-6-4-5-9-18(16)14-23/h1-11H,12-15H2. The molecule has 1 amide bonds. The zero-order valence-electron chi connectivity index (χ0n) is 14.3. The highest BCUT2D eigenvalue weighted by atomic mass is 16.2. The first-order valence-electron chi connectivity index (χ1n) is 8.69. The van der Waals surface area contributed by atoms with Gasteiger partial charge in [-0.25, -0.2) is 4.68 Å². The van der Waals surface area contributed by atoms with Gasteiger partial charge in [0, 0.05) is 24.7 Å². The Morgan fingerprint density at radius 3 is 2.46 bits per heavy atom. The summed E-state index contributed by atoms with van der Waals surface area (Å²) in [6.45, 7) is 1.22. The van der Waals surface area contributed by atoms with Gasteiger partial charge in [0.2, 0.25) is 5.91 Å². The van der Waals surface area contributed by atoms with Crippen LogP contribution in [-0.4, -0.2) is 27.1 Å². The maximum atomic E-state index is 12.7. The average Bonchev–Trinajstić information content (AvgIpc) is 2.70. The minimum absolute atomic E-state index is 0.0400. The molecule has 1 aliphatic rings. The molecule has 2 aromatic carbocycles. The van der Waals surface area contributed by atoms with Crippen molar-refractivity contribution >= 4 is 5.91 Å². The Morgan fingerprint density at radius 1 is 0.923 bits per heavy atom. The van der Waals surface area contributed by atoms with Gasteiger partial charge in [-0.05, 0) is 23.6 Å². The van der Waals surface area contributed by atoms with Gasteiger partial charge in [-0.15, -0.1) is 0 Å². The van der Waals surface area contributed by atoms with Crippen LogP contribution < -0.4 is 5.56 Å². The molecule has 0 spiro atoms. The second-order valence-corrected chi connectivity index (χ2v) is 6.41. The van der Waals surface area contributed by atoms with E-state index >= 15 is 0 Å². The number of hydrogen-bond donors (Lipinski definition) is 0. The fraction of sp³-hybridized carbons (Fsp3) is 0.190. The summed E-state index contributed by atoms with van der Waals surface area (Å²) in [5, 5.41) is 4.38. The molecule has 0 fully saturated rings. The number of rotatable bonds is 3. The first-order chi connectivity index (χ1) is 12.7. The first-order valence-corrected chi connectivity index (χ1v) is 8.69. The zero-order chi connectivity index (χ0) is 17.9. The lowest BCUT2D eigenvalue weighted by atomic mass is 10.00. The van der Waals surface area contributed by atoms with Gasteiger partial charge in [0.25, 0.3) is 5.56 Å². The number of aromatic nitrogens is 2. The SMILES string of the molecule is O=C(Cn1nc(-c2ccccc2)ccc1=O)N1CCc2ccccc2C1. The summed E-state index contributed by atoms with van der Waals surface area (Å²) in [5.41, 5.74) is 3.79. The lowest BCUT2D eigenvalue weighted by molar-refractivity contribution is -0.133. The number of amides is 1. The quantitative estimate of drug-likeness (QED) is 0.733. The molecule has 0 saturated carbocycles. The van der Waals surface area contributed by atoms with E-state index in [-0.39, 0.29) is 18.0 Å². The smallest absolute Gasteiger partial charge is 0.267 e. The van der Waals surface area contributed by atoms with Crippen molar-refractivity contribution in [3.05, 3.63) is 88.2 Å². The third-order valence-electron chi connectivity index (χ3n) is 4.70. The van der Waals surface area contributed by atoms with Crippen LogP contribution in [-0.2, 0) is 24.3 Å². The van der Waals surface area contributed by atoms with Crippen LogP contribution in [0.5, 0.6) is 0 Å². The van der Waals surface area contributed by atoms with E-state index in [1.165, 1.54) is 21.9 Å². The minimum Gasteiger partial charge on any atom is -0.336 e. The third-order valence-corrected chi connectivity index (χ3v) is 4.70. The molecule has 0 radical (unpaired) electrons. The largest absolute Gasteiger partial charge is 0.336 e. The lowest BCUT2D eigenvalue weighted by Crippen LogP contribution is -2.40. The van der Waals surface area contributed by atoms with Crippen molar-refractivity contribution in [3.63, 3.8) is 0 Å². The molecule has 0 atom stereocenters. The molecule has 5 heteroatoms. The Bertz CT molecular complexity index is 995. The van der Waals surface area contributed by atoms with Gasteiger partial charge in [0.05, 0.1) is 5.69 Å². The van der Waals surface area contributed by atoms with Gasteiger partial charge in [0.1, 0.15) is 6.54 Å². The molecule has 0 unspecified atom stereocenters. The van der Waals surface area contributed by atoms with Gasteiger partial charge in [-0.3, -0.25) is 9.59 Å². The number of carbonyl (C=O) groups excluding carboxylic acids is 1. The number of benzene rings is 2. The molecule has 4 rings (SSSR count). The fourth-order valence-electron chi connectivity index (χ4n) is 3.26. The van der Waals surface area contributed by atoms with Crippen molar-refractivity contribution < 1.29 is 4.79 Å². The second kappa shape index (κ2) is 6.96. The molecule has 1 aromatic heterocycles. The van der Waals surface area contributed by atoms with Crippen molar-refractivity contribution in [2.75, 3.05) is 6.54 Å². The Hall–Kier alpha value is -3.21. The number of carbonyl (C=O) groups is 1. The molecular formula is C21H19N3O2. The van der Waals surface area contributed by atoms with Crippen molar-refractivity contribution in [3.8, 4) is 11.3 Å². The maximum absolute atomic E-state index is 12.7. The summed E-state index contributed by atoms with van der Waals surface area (Å²) >= 11 is 0. The Balaban J connectivity index is 1.54. The molecule has 0 N–H and O–H groups in total. The molecule has 3 aromatic rings. The molecule has 1 aliphatic heterocycles. The van der Waals surface area contributed by atoms with E-state index in [2.05, 4.69) is 17.2 Å². The fourth-order valence-corrected chi connectivity index (χ4v) is 3.26. The van der Waals surface area contributed by atoms with Gasteiger partial charge in [-0.2, -0.15) is 5.10 Å². The monoisotopic (exact) mass is 345 g/mol. The van der Waals surface area contributed by atoms with Gasteiger partial charge < -0.3 is 4.90 Å². The van der Waals surface area contributed by atoms with Crippen LogP contribution in [0.2, 0.25) is 0 Å². The number of hydrogen-bond acceptors (Lipinski definition) is 3. The van der Waals surface area contributed by atoms with Crippen LogP contribution in [0.25, 0.3) is 11.3 Å². The van der Waals surface area contributed by atoms with Gasteiger partial charge in [0.15, 0.2) is 0 Å². The van der Waals surface area contributed by atoms with E-state index in [0.29, 0.717) is 18.8 Å². The van der Waals surface area contributed by atoms with Gasteiger partial charge in [-0.1, -0.05) is 54.6 Å². The van der Waals surface area contributed by atoms with E-state index in [1.807, 2.05) is 42.5 Å². The van der Waals surface area contributed by atoms with E-state index in [9.17, 15) is 9.59 Å². The third kappa shape index (κ3) is 3.28.